The van der Waals surface area contributed by atoms with Crippen LogP contribution in [-0.2, 0) is 4.79 Å². The first kappa shape index (κ1) is 16.8. The summed E-state index contributed by atoms with van der Waals surface area (Å²) >= 11 is 0. The summed E-state index contributed by atoms with van der Waals surface area (Å²) in [7, 11) is 0. The monoisotopic (exact) mass is 304 g/mol. The van der Waals surface area contributed by atoms with E-state index in [2.05, 4.69) is 17.1 Å². The van der Waals surface area contributed by atoms with Gasteiger partial charge in [-0.1, -0.05) is 25.1 Å². The normalized spacial score (nSPS) is 18.4. The van der Waals surface area contributed by atoms with Gasteiger partial charge in [-0.25, -0.2) is 0 Å². The Bertz CT molecular complexity index is 476. The van der Waals surface area contributed by atoms with Crippen molar-refractivity contribution in [3.63, 3.8) is 0 Å². The minimum Gasteiger partial charge on any atom is -0.493 e. The largest absolute Gasteiger partial charge is 0.493 e. The number of hydrogen-bond donors (Lipinski definition) is 1. The summed E-state index contributed by atoms with van der Waals surface area (Å²) in [6.07, 6.45) is 3.73. The summed E-state index contributed by atoms with van der Waals surface area (Å²) in [5, 5.41) is 3.06. The van der Waals surface area contributed by atoms with Gasteiger partial charge in [0.15, 0.2) is 0 Å². The lowest BCUT2D eigenvalue weighted by molar-refractivity contribution is -0.121. The van der Waals surface area contributed by atoms with Crippen LogP contribution in [-0.4, -0.2) is 43.1 Å². The number of carbonyl (C=O) groups excluding carboxylic acids is 1. The molecular formula is C18H28N2O2. The average Bonchev–Trinajstić information content (AvgIpc) is 2.98. The van der Waals surface area contributed by atoms with E-state index < -0.39 is 0 Å². The van der Waals surface area contributed by atoms with Crippen molar-refractivity contribution in [3.05, 3.63) is 29.8 Å². The Morgan fingerprint density at radius 3 is 3.00 bits per heavy atom. The molecule has 22 heavy (non-hydrogen) atoms. The first-order valence-corrected chi connectivity index (χ1v) is 8.40. The SMILES string of the molecule is CCN1CCC[C@@H]1CNC(=O)CCCOc1ccccc1C. The van der Waals surface area contributed by atoms with E-state index in [1.54, 1.807) is 0 Å². The van der Waals surface area contributed by atoms with Gasteiger partial charge in [-0.05, 0) is 50.9 Å². The van der Waals surface area contributed by atoms with E-state index in [1.807, 2.05) is 31.2 Å². The third kappa shape index (κ3) is 5.02. The van der Waals surface area contributed by atoms with Crippen LogP contribution in [0.15, 0.2) is 24.3 Å². The molecule has 122 valence electrons. The quantitative estimate of drug-likeness (QED) is 0.751. The Hall–Kier alpha value is -1.55. The number of amides is 1. The Labute approximate surface area is 133 Å². The molecule has 1 fully saturated rings. The smallest absolute Gasteiger partial charge is 0.220 e. The molecule has 4 heteroatoms. The number of likely N-dealkylation sites (tertiary alicyclic amines) is 1. The Kier molecular flexibility index (Phi) is 6.72. The van der Waals surface area contributed by atoms with Crippen LogP contribution in [0.2, 0.25) is 0 Å². The number of nitrogens with zero attached hydrogens (tertiary/aromatic N) is 1. The highest BCUT2D eigenvalue weighted by Crippen LogP contribution is 2.17. The van der Waals surface area contributed by atoms with Gasteiger partial charge in [-0.2, -0.15) is 0 Å². The summed E-state index contributed by atoms with van der Waals surface area (Å²) in [5.41, 5.74) is 1.13. The van der Waals surface area contributed by atoms with Crippen LogP contribution in [0.5, 0.6) is 5.75 Å². The molecule has 0 spiro atoms. The van der Waals surface area contributed by atoms with Crippen molar-refractivity contribution < 1.29 is 9.53 Å². The maximum absolute atomic E-state index is 11.9. The van der Waals surface area contributed by atoms with Crippen LogP contribution >= 0.6 is 0 Å². The van der Waals surface area contributed by atoms with E-state index in [0.717, 1.165) is 30.8 Å². The number of rotatable bonds is 8. The van der Waals surface area contributed by atoms with Crippen LogP contribution in [0, 0.1) is 6.92 Å². The number of ether oxygens (including phenoxy) is 1. The Morgan fingerprint density at radius 1 is 1.41 bits per heavy atom. The third-order valence-corrected chi connectivity index (χ3v) is 4.34. The maximum Gasteiger partial charge on any atom is 0.220 e. The molecule has 0 aliphatic carbocycles. The molecule has 1 heterocycles. The van der Waals surface area contributed by atoms with Gasteiger partial charge in [-0.3, -0.25) is 9.69 Å². The van der Waals surface area contributed by atoms with Crippen LogP contribution in [0.25, 0.3) is 0 Å². The van der Waals surface area contributed by atoms with Gasteiger partial charge in [0.05, 0.1) is 6.61 Å². The summed E-state index contributed by atoms with van der Waals surface area (Å²) < 4.78 is 5.71. The number of hydrogen-bond acceptors (Lipinski definition) is 3. The van der Waals surface area contributed by atoms with E-state index in [9.17, 15) is 4.79 Å². The highest BCUT2D eigenvalue weighted by molar-refractivity contribution is 5.75. The fourth-order valence-corrected chi connectivity index (χ4v) is 3.00. The Balaban J connectivity index is 1.59. The predicted molar refractivity (Wildman–Crippen MR) is 89.2 cm³/mol. The van der Waals surface area contributed by atoms with Gasteiger partial charge >= 0.3 is 0 Å². The van der Waals surface area contributed by atoms with Gasteiger partial charge in [0.1, 0.15) is 5.75 Å². The molecule has 1 aliphatic rings. The van der Waals surface area contributed by atoms with Crippen molar-refractivity contribution in [2.24, 2.45) is 0 Å². The summed E-state index contributed by atoms with van der Waals surface area (Å²) in [6, 6.07) is 8.49. The zero-order valence-corrected chi connectivity index (χ0v) is 13.8. The number of benzene rings is 1. The number of carbonyl (C=O) groups is 1. The van der Waals surface area contributed by atoms with E-state index in [0.29, 0.717) is 19.1 Å². The van der Waals surface area contributed by atoms with Crippen molar-refractivity contribution in [3.8, 4) is 5.75 Å². The van der Waals surface area contributed by atoms with Crippen LogP contribution in [0.1, 0.15) is 38.2 Å². The number of para-hydroxylation sites is 1. The molecule has 1 amide bonds. The fraction of sp³-hybridized carbons (Fsp3) is 0.611. The zero-order chi connectivity index (χ0) is 15.8. The molecule has 1 saturated heterocycles. The maximum atomic E-state index is 11.9. The second-order valence-electron chi connectivity index (χ2n) is 5.95. The molecular weight excluding hydrogens is 276 g/mol. The van der Waals surface area contributed by atoms with Crippen molar-refractivity contribution >= 4 is 5.91 Å². The van der Waals surface area contributed by atoms with E-state index in [4.69, 9.17) is 4.74 Å². The Morgan fingerprint density at radius 2 is 2.23 bits per heavy atom. The third-order valence-electron chi connectivity index (χ3n) is 4.34. The molecule has 1 atom stereocenters. The topological polar surface area (TPSA) is 41.6 Å². The molecule has 1 aliphatic heterocycles. The standard InChI is InChI=1S/C18H28N2O2/c1-3-20-12-6-9-16(20)14-19-18(21)11-7-13-22-17-10-5-4-8-15(17)2/h4-5,8,10,16H,3,6-7,9,11-14H2,1-2H3,(H,19,21)/t16-/m1/s1. The lowest BCUT2D eigenvalue weighted by atomic mass is 10.2. The first-order chi connectivity index (χ1) is 10.7. The molecule has 0 radical (unpaired) electrons. The lowest BCUT2D eigenvalue weighted by Gasteiger charge is -2.22. The minimum absolute atomic E-state index is 0.135. The average molecular weight is 304 g/mol. The molecule has 0 unspecified atom stereocenters. The number of nitrogens with one attached hydrogen (secondary N) is 1. The van der Waals surface area contributed by atoms with Crippen LogP contribution in [0.4, 0.5) is 0 Å². The summed E-state index contributed by atoms with van der Waals surface area (Å²) in [4.78, 5) is 14.3. The zero-order valence-electron chi connectivity index (χ0n) is 13.8. The van der Waals surface area contributed by atoms with Gasteiger partial charge in [-0.15, -0.1) is 0 Å². The molecule has 0 aromatic heterocycles. The van der Waals surface area contributed by atoms with Crippen LogP contribution < -0.4 is 10.1 Å². The van der Waals surface area contributed by atoms with Gasteiger partial charge in [0, 0.05) is 19.0 Å². The molecule has 4 nitrogen and oxygen atoms in total. The minimum atomic E-state index is 0.135. The lowest BCUT2D eigenvalue weighted by Crippen LogP contribution is -2.40. The summed E-state index contributed by atoms with van der Waals surface area (Å²) in [6.45, 7) is 7.83. The highest BCUT2D eigenvalue weighted by atomic mass is 16.5. The van der Waals surface area contributed by atoms with Crippen molar-refractivity contribution in [2.75, 3.05) is 26.2 Å². The molecule has 2 rings (SSSR count). The summed E-state index contributed by atoms with van der Waals surface area (Å²) in [5.74, 6) is 1.05. The first-order valence-electron chi connectivity index (χ1n) is 8.40. The van der Waals surface area contributed by atoms with Gasteiger partial charge in [0.25, 0.3) is 0 Å². The van der Waals surface area contributed by atoms with E-state index in [1.165, 1.54) is 19.4 Å². The molecule has 1 aromatic rings. The van der Waals surface area contributed by atoms with Crippen LogP contribution in [0.3, 0.4) is 0 Å². The van der Waals surface area contributed by atoms with Gasteiger partial charge < -0.3 is 10.1 Å². The van der Waals surface area contributed by atoms with Crippen molar-refractivity contribution in [1.29, 1.82) is 0 Å². The van der Waals surface area contributed by atoms with E-state index >= 15 is 0 Å². The van der Waals surface area contributed by atoms with Gasteiger partial charge in [0.2, 0.25) is 5.91 Å². The molecule has 1 aromatic carbocycles. The molecule has 0 bridgehead atoms. The van der Waals surface area contributed by atoms with Crippen molar-refractivity contribution in [2.45, 2.75) is 45.6 Å². The molecule has 1 N–H and O–H groups in total. The second kappa shape index (κ2) is 8.79. The number of likely N-dealkylation sites (N-methyl/N-ethyl adjacent to an activating group) is 1. The highest BCUT2D eigenvalue weighted by Gasteiger charge is 2.22. The number of aryl methyl sites for hydroxylation is 1. The molecule has 0 saturated carbocycles. The fourth-order valence-electron chi connectivity index (χ4n) is 3.00. The predicted octanol–water partition coefficient (Wildman–Crippen LogP) is 2.75. The van der Waals surface area contributed by atoms with E-state index in [-0.39, 0.29) is 5.91 Å². The van der Waals surface area contributed by atoms with Crippen molar-refractivity contribution in [1.82, 2.24) is 10.2 Å². The second-order valence-corrected chi connectivity index (χ2v) is 5.95.